The van der Waals surface area contributed by atoms with Crippen molar-refractivity contribution in [2.75, 3.05) is 6.54 Å². The van der Waals surface area contributed by atoms with Crippen LogP contribution in [0.1, 0.15) is 51.4 Å². The number of carbonyl (C=O) groups excluding carboxylic acids is 1. The fourth-order valence-electron chi connectivity index (χ4n) is 3.45. The Hall–Kier alpha value is -2.09. The van der Waals surface area contributed by atoms with E-state index < -0.39 is 0 Å². The Balaban J connectivity index is 1.69. The van der Waals surface area contributed by atoms with Crippen LogP contribution in [-0.4, -0.2) is 12.5 Å². The maximum Gasteiger partial charge on any atom is 0.251 e. The van der Waals surface area contributed by atoms with Crippen LogP contribution in [0.25, 0.3) is 0 Å². The summed E-state index contributed by atoms with van der Waals surface area (Å²) in [4.78, 5) is 12.4. The van der Waals surface area contributed by atoms with Gasteiger partial charge in [-0.05, 0) is 55.9 Å². The molecule has 2 aromatic rings. The first-order chi connectivity index (χ1) is 10.6. The smallest absolute Gasteiger partial charge is 0.251 e. The molecule has 1 aliphatic carbocycles. The topological polar surface area (TPSA) is 29.1 Å². The van der Waals surface area contributed by atoms with Crippen molar-refractivity contribution in [2.24, 2.45) is 0 Å². The van der Waals surface area contributed by atoms with Gasteiger partial charge in [-0.1, -0.05) is 42.0 Å². The highest BCUT2D eigenvalue weighted by Gasteiger charge is 2.20. The van der Waals surface area contributed by atoms with E-state index in [2.05, 4.69) is 35.6 Å². The molecular weight excluding hydrogens is 270 g/mol. The highest BCUT2D eigenvalue weighted by molar-refractivity contribution is 5.95. The molecule has 1 atom stereocenters. The summed E-state index contributed by atoms with van der Waals surface area (Å²) in [5.74, 6) is 0.486. The maximum absolute atomic E-state index is 12.4. The predicted octanol–water partition coefficient (Wildman–Crippen LogP) is 4.15. The zero-order valence-corrected chi connectivity index (χ0v) is 13.4. The first-order valence-electron chi connectivity index (χ1n) is 8.08. The molecule has 0 saturated heterocycles. The minimum Gasteiger partial charge on any atom is -0.351 e. The van der Waals surface area contributed by atoms with Crippen LogP contribution in [0.4, 0.5) is 0 Å². The lowest BCUT2D eigenvalue weighted by atomic mass is 9.83. The van der Waals surface area contributed by atoms with Gasteiger partial charge in [-0.15, -0.1) is 0 Å². The standard InChI is InChI=1S/C20H23NO/c1-14-10-11-18(15(2)12-14)20(22)21-13-17-8-5-7-16-6-3-4-9-19(16)17/h3-4,6,9-12,17H,5,7-8,13H2,1-2H3,(H,21,22). The van der Waals surface area contributed by atoms with Gasteiger partial charge in [0.2, 0.25) is 0 Å². The third-order valence-electron chi connectivity index (χ3n) is 4.63. The molecule has 114 valence electrons. The lowest BCUT2D eigenvalue weighted by Gasteiger charge is -2.25. The average molecular weight is 293 g/mol. The van der Waals surface area contributed by atoms with Crippen LogP contribution < -0.4 is 5.32 Å². The minimum atomic E-state index is 0.0422. The quantitative estimate of drug-likeness (QED) is 0.905. The van der Waals surface area contributed by atoms with Crippen LogP contribution in [-0.2, 0) is 6.42 Å². The molecule has 1 N–H and O–H groups in total. The number of hydrogen-bond acceptors (Lipinski definition) is 1. The molecule has 3 rings (SSSR count). The molecular formula is C20H23NO. The van der Waals surface area contributed by atoms with Crippen LogP contribution in [0.15, 0.2) is 42.5 Å². The Morgan fingerprint density at radius 1 is 1.18 bits per heavy atom. The lowest BCUT2D eigenvalue weighted by Crippen LogP contribution is -2.30. The number of benzene rings is 2. The number of amides is 1. The molecule has 1 amide bonds. The monoisotopic (exact) mass is 293 g/mol. The van der Waals surface area contributed by atoms with Gasteiger partial charge in [0, 0.05) is 18.0 Å². The summed E-state index contributed by atoms with van der Waals surface area (Å²) in [6, 6.07) is 14.6. The second-order valence-electron chi connectivity index (χ2n) is 6.32. The number of aryl methyl sites for hydroxylation is 3. The van der Waals surface area contributed by atoms with Crippen molar-refractivity contribution in [3.63, 3.8) is 0 Å². The van der Waals surface area contributed by atoms with E-state index in [9.17, 15) is 4.79 Å². The van der Waals surface area contributed by atoms with Crippen LogP contribution in [0.3, 0.4) is 0 Å². The van der Waals surface area contributed by atoms with E-state index in [1.165, 1.54) is 23.1 Å². The molecule has 0 aliphatic heterocycles. The molecule has 2 heteroatoms. The minimum absolute atomic E-state index is 0.0422. The molecule has 22 heavy (non-hydrogen) atoms. The third-order valence-corrected chi connectivity index (χ3v) is 4.63. The Labute approximate surface area is 132 Å². The molecule has 2 aromatic carbocycles. The normalized spacial score (nSPS) is 16.9. The molecule has 0 saturated carbocycles. The molecule has 1 aliphatic rings. The number of hydrogen-bond donors (Lipinski definition) is 1. The highest BCUT2D eigenvalue weighted by atomic mass is 16.1. The van der Waals surface area contributed by atoms with Crippen molar-refractivity contribution in [1.29, 1.82) is 0 Å². The van der Waals surface area contributed by atoms with E-state index in [0.29, 0.717) is 5.92 Å². The fraction of sp³-hybridized carbons (Fsp3) is 0.350. The number of fused-ring (bicyclic) bond motifs is 1. The van der Waals surface area contributed by atoms with Crippen molar-refractivity contribution >= 4 is 5.91 Å². The van der Waals surface area contributed by atoms with Gasteiger partial charge < -0.3 is 5.32 Å². The van der Waals surface area contributed by atoms with E-state index in [0.717, 1.165) is 30.5 Å². The van der Waals surface area contributed by atoms with E-state index >= 15 is 0 Å². The van der Waals surface area contributed by atoms with Crippen molar-refractivity contribution < 1.29 is 4.79 Å². The second-order valence-corrected chi connectivity index (χ2v) is 6.32. The summed E-state index contributed by atoms with van der Waals surface area (Å²) in [7, 11) is 0. The summed E-state index contributed by atoms with van der Waals surface area (Å²) in [6.07, 6.45) is 3.53. The Bertz CT molecular complexity index is 690. The molecule has 0 heterocycles. The molecule has 0 radical (unpaired) electrons. The van der Waals surface area contributed by atoms with Gasteiger partial charge in [0.05, 0.1) is 0 Å². The predicted molar refractivity (Wildman–Crippen MR) is 90.4 cm³/mol. The second kappa shape index (κ2) is 6.35. The summed E-state index contributed by atoms with van der Waals surface area (Å²) in [6.45, 7) is 4.77. The molecule has 0 spiro atoms. The van der Waals surface area contributed by atoms with Crippen molar-refractivity contribution in [3.05, 3.63) is 70.3 Å². The third kappa shape index (κ3) is 3.06. The van der Waals surface area contributed by atoms with Crippen LogP contribution in [0, 0.1) is 13.8 Å². The van der Waals surface area contributed by atoms with Crippen LogP contribution in [0.5, 0.6) is 0 Å². The SMILES string of the molecule is Cc1ccc(C(=O)NCC2CCCc3ccccc32)c(C)c1. The van der Waals surface area contributed by atoms with E-state index in [1.807, 2.05) is 26.0 Å². The zero-order chi connectivity index (χ0) is 15.5. The van der Waals surface area contributed by atoms with E-state index in [4.69, 9.17) is 0 Å². The van der Waals surface area contributed by atoms with Crippen LogP contribution in [0.2, 0.25) is 0 Å². The number of carbonyl (C=O) groups is 1. The Morgan fingerprint density at radius 2 is 2.00 bits per heavy atom. The molecule has 0 aromatic heterocycles. The zero-order valence-electron chi connectivity index (χ0n) is 13.4. The largest absolute Gasteiger partial charge is 0.351 e. The summed E-state index contributed by atoms with van der Waals surface area (Å²) >= 11 is 0. The van der Waals surface area contributed by atoms with Gasteiger partial charge >= 0.3 is 0 Å². The summed E-state index contributed by atoms with van der Waals surface area (Å²) in [5.41, 5.74) is 5.88. The van der Waals surface area contributed by atoms with E-state index in [-0.39, 0.29) is 5.91 Å². The molecule has 0 fully saturated rings. The summed E-state index contributed by atoms with van der Waals surface area (Å²) < 4.78 is 0. The molecule has 2 nitrogen and oxygen atoms in total. The first-order valence-corrected chi connectivity index (χ1v) is 8.08. The average Bonchev–Trinajstić information content (AvgIpc) is 2.52. The fourth-order valence-corrected chi connectivity index (χ4v) is 3.45. The molecule has 1 unspecified atom stereocenters. The Kier molecular flexibility index (Phi) is 4.28. The van der Waals surface area contributed by atoms with Gasteiger partial charge in [0.25, 0.3) is 5.91 Å². The van der Waals surface area contributed by atoms with Crippen molar-refractivity contribution in [1.82, 2.24) is 5.32 Å². The van der Waals surface area contributed by atoms with Crippen molar-refractivity contribution in [2.45, 2.75) is 39.0 Å². The van der Waals surface area contributed by atoms with Gasteiger partial charge in [-0.3, -0.25) is 4.79 Å². The van der Waals surface area contributed by atoms with Gasteiger partial charge in [0.15, 0.2) is 0 Å². The highest BCUT2D eigenvalue weighted by Crippen LogP contribution is 2.30. The van der Waals surface area contributed by atoms with Crippen LogP contribution >= 0.6 is 0 Å². The van der Waals surface area contributed by atoms with Gasteiger partial charge in [0.1, 0.15) is 0 Å². The maximum atomic E-state index is 12.4. The Morgan fingerprint density at radius 3 is 2.82 bits per heavy atom. The lowest BCUT2D eigenvalue weighted by molar-refractivity contribution is 0.0949. The van der Waals surface area contributed by atoms with Gasteiger partial charge in [-0.2, -0.15) is 0 Å². The molecule has 0 bridgehead atoms. The number of rotatable bonds is 3. The van der Waals surface area contributed by atoms with Gasteiger partial charge in [-0.25, -0.2) is 0 Å². The van der Waals surface area contributed by atoms with Crippen molar-refractivity contribution in [3.8, 4) is 0 Å². The first kappa shape index (κ1) is 14.8. The summed E-state index contributed by atoms with van der Waals surface area (Å²) in [5, 5.41) is 3.13. The number of nitrogens with one attached hydrogen (secondary N) is 1. The van der Waals surface area contributed by atoms with E-state index in [1.54, 1.807) is 0 Å².